The van der Waals surface area contributed by atoms with E-state index in [2.05, 4.69) is 16.8 Å². The Hall–Kier alpha value is -2.33. The summed E-state index contributed by atoms with van der Waals surface area (Å²) in [6.07, 6.45) is 1.96. The van der Waals surface area contributed by atoms with Crippen molar-refractivity contribution in [2.24, 2.45) is 0 Å². The van der Waals surface area contributed by atoms with Gasteiger partial charge in [-0.25, -0.2) is 0 Å². The van der Waals surface area contributed by atoms with Crippen LogP contribution in [0, 0.1) is 0 Å². The summed E-state index contributed by atoms with van der Waals surface area (Å²) in [5.74, 6) is 1.76. The highest BCUT2D eigenvalue weighted by molar-refractivity contribution is 7.09. The number of rotatable bonds is 7. The van der Waals surface area contributed by atoms with Gasteiger partial charge in [0.2, 0.25) is 5.91 Å². The lowest BCUT2D eigenvalue weighted by atomic mass is 10.2. The van der Waals surface area contributed by atoms with Crippen LogP contribution in [0.2, 0.25) is 0 Å². The van der Waals surface area contributed by atoms with Crippen molar-refractivity contribution >= 4 is 17.2 Å². The van der Waals surface area contributed by atoms with Gasteiger partial charge in [0.25, 0.3) is 0 Å². The van der Waals surface area contributed by atoms with Crippen LogP contribution >= 0.6 is 11.3 Å². The van der Waals surface area contributed by atoms with Gasteiger partial charge in [-0.1, -0.05) is 36.4 Å². The number of carbonyl (C=O) groups is 1. The molecule has 1 aromatic carbocycles. The molecule has 4 heteroatoms. The minimum Gasteiger partial charge on any atom is -0.461 e. The quantitative estimate of drug-likeness (QED) is 0.704. The highest BCUT2D eigenvalue weighted by atomic mass is 32.1. The Morgan fingerprint density at radius 2 is 1.87 bits per heavy atom. The Bertz CT molecular complexity index is 732. The third-order valence-electron chi connectivity index (χ3n) is 3.59. The van der Waals surface area contributed by atoms with Gasteiger partial charge in [-0.05, 0) is 30.0 Å². The molecule has 0 atom stereocenters. The highest BCUT2D eigenvalue weighted by Crippen LogP contribution is 2.22. The first-order valence-electron chi connectivity index (χ1n) is 7.74. The van der Waals surface area contributed by atoms with Gasteiger partial charge in [0.05, 0.1) is 0 Å². The molecule has 0 unspecified atom stereocenters. The maximum Gasteiger partial charge on any atom is 0.220 e. The minimum absolute atomic E-state index is 0.0687. The summed E-state index contributed by atoms with van der Waals surface area (Å²) < 4.78 is 5.81. The summed E-state index contributed by atoms with van der Waals surface area (Å²) in [6.45, 7) is 0.687. The number of hydrogen-bond acceptors (Lipinski definition) is 3. The number of hydrogen-bond donors (Lipinski definition) is 1. The second-order valence-electron chi connectivity index (χ2n) is 5.31. The van der Waals surface area contributed by atoms with E-state index in [1.807, 2.05) is 48.5 Å². The van der Waals surface area contributed by atoms with Crippen LogP contribution in [-0.2, 0) is 17.6 Å². The van der Waals surface area contributed by atoms with Crippen LogP contribution < -0.4 is 5.32 Å². The molecule has 2 aromatic heterocycles. The van der Waals surface area contributed by atoms with Gasteiger partial charge >= 0.3 is 0 Å². The Morgan fingerprint density at radius 3 is 2.65 bits per heavy atom. The number of carbonyl (C=O) groups excluding carboxylic acids is 1. The molecular weight excluding hydrogens is 306 g/mol. The molecule has 1 amide bonds. The monoisotopic (exact) mass is 325 g/mol. The fraction of sp³-hybridized carbons (Fsp3) is 0.211. The molecule has 3 rings (SSSR count). The molecule has 0 radical (unpaired) electrons. The topological polar surface area (TPSA) is 42.2 Å². The van der Waals surface area contributed by atoms with Crippen molar-refractivity contribution in [3.63, 3.8) is 0 Å². The molecule has 23 heavy (non-hydrogen) atoms. The fourth-order valence-electron chi connectivity index (χ4n) is 2.37. The average molecular weight is 325 g/mol. The SMILES string of the molecule is O=C(CCc1ccc(-c2ccccc2)o1)NCCc1cccs1. The summed E-state index contributed by atoms with van der Waals surface area (Å²) in [6, 6.07) is 18.0. The zero-order valence-electron chi connectivity index (χ0n) is 12.8. The smallest absolute Gasteiger partial charge is 0.220 e. The first-order chi connectivity index (χ1) is 11.3. The number of benzene rings is 1. The lowest BCUT2D eigenvalue weighted by Crippen LogP contribution is -2.25. The van der Waals surface area contributed by atoms with Gasteiger partial charge in [-0.15, -0.1) is 11.3 Å². The van der Waals surface area contributed by atoms with E-state index < -0.39 is 0 Å². The largest absolute Gasteiger partial charge is 0.461 e. The molecule has 0 spiro atoms. The Labute approximate surface area is 140 Å². The zero-order valence-corrected chi connectivity index (χ0v) is 13.6. The van der Waals surface area contributed by atoms with Crippen LogP contribution in [0.1, 0.15) is 17.1 Å². The van der Waals surface area contributed by atoms with Crippen LogP contribution in [-0.4, -0.2) is 12.5 Å². The predicted molar refractivity (Wildman–Crippen MR) is 93.5 cm³/mol. The lowest BCUT2D eigenvalue weighted by Gasteiger charge is -2.03. The molecule has 0 aliphatic carbocycles. The summed E-state index contributed by atoms with van der Waals surface area (Å²) in [5.41, 5.74) is 1.05. The highest BCUT2D eigenvalue weighted by Gasteiger charge is 2.07. The van der Waals surface area contributed by atoms with Gasteiger partial charge in [0, 0.05) is 29.8 Å². The van der Waals surface area contributed by atoms with Gasteiger partial charge in [-0.2, -0.15) is 0 Å². The van der Waals surface area contributed by atoms with E-state index in [0.29, 0.717) is 19.4 Å². The Morgan fingerprint density at radius 1 is 1.00 bits per heavy atom. The lowest BCUT2D eigenvalue weighted by molar-refractivity contribution is -0.121. The first-order valence-corrected chi connectivity index (χ1v) is 8.62. The Balaban J connectivity index is 1.43. The van der Waals surface area contributed by atoms with Gasteiger partial charge in [0.1, 0.15) is 11.5 Å². The van der Waals surface area contributed by atoms with E-state index in [9.17, 15) is 4.79 Å². The molecule has 0 aliphatic heterocycles. The number of aryl methyl sites for hydroxylation is 1. The summed E-state index contributed by atoms with van der Waals surface area (Å²) in [5, 5.41) is 5.01. The van der Waals surface area contributed by atoms with E-state index >= 15 is 0 Å². The van der Waals surface area contributed by atoms with Crippen LogP contribution in [0.25, 0.3) is 11.3 Å². The van der Waals surface area contributed by atoms with Crippen molar-refractivity contribution in [2.45, 2.75) is 19.3 Å². The molecule has 3 nitrogen and oxygen atoms in total. The van der Waals surface area contributed by atoms with Crippen molar-refractivity contribution in [1.82, 2.24) is 5.32 Å². The number of thiophene rings is 1. The average Bonchev–Trinajstić information content (AvgIpc) is 3.25. The molecule has 0 saturated heterocycles. The van der Waals surface area contributed by atoms with Gasteiger partial charge < -0.3 is 9.73 Å². The van der Waals surface area contributed by atoms with Crippen LogP contribution in [0.3, 0.4) is 0 Å². The fourth-order valence-corrected chi connectivity index (χ4v) is 3.08. The number of nitrogens with one attached hydrogen (secondary N) is 1. The zero-order chi connectivity index (χ0) is 15.9. The normalized spacial score (nSPS) is 10.6. The van der Waals surface area contributed by atoms with E-state index in [1.54, 1.807) is 11.3 Å². The van der Waals surface area contributed by atoms with Gasteiger partial charge in [0.15, 0.2) is 0 Å². The van der Waals surface area contributed by atoms with Crippen molar-refractivity contribution in [2.75, 3.05) is 6.54 Å². The first kappa shape index (κ1) is 15.6. The molecule has 3 aromatic rings. The maximum atomic E-state index is 11.9. The Kier molecular flexibility index (Phi) is 5.27. The molecule has 0 aliphatic rings. The molecule has 0 saturated carbocycles. The second kappa shape index (κ2) is 7.79. The molecular formula is C19H19NO2S. The number of amides is 1. The molecule has 0 bridgehead atoms. The van der Waals surface area contributed by atoms with Crippen molar-refractivity contribution in [3.8, 4) is 11.3 Å². The molecule has 0 fully saturated rings. The molecule has 118 valence electrons. The van der Waals surface area contributed by atoms with Crippen molar-refractivity contribution < 1.29 is 9.21 Å². The van der Waals surface area contributed by atoms with Gasteiger partial charge in [-0.3, -0.25) is 4.79 Å². The second-order valence-corrected chi connectivity index (χ2v) is 6.34. The van der Waals surface area contributed by atoms with Crippen molar-refractivity contribution in [1.29, 1.82) is 0 Å². The van der Waals surface area contributed by atoms with E-state index in [4.69, 9.17) is 4.42 Å². The summed E-state index contributed by atoms with van der Waals surface area (Å²) >= 11 is 1.72. The summed E-state index contributed by atoms with van der Waals surface area (Å²) in [4.78, 5) is 13.2. The van der Waals surface area contributed by atoms with Crippen LogP contribution in [0.5, 0.6) is 0 Å². The summed E-state index contributed by atoms with van der Waals surface area (Å²) in [7, 11) is 0. The molecule has 2 heterocycles. The van der Waals surface area contributed by atoms with Crippen LogP contribution in [0.4, 0.5) is 0 Å². The van der Waals surface area contributed by atoms with E-state index in [0.717, 1.165) is 23.5 Å². The van der Waals surface area contributed by atoms with E-state index in [1.165, 1.54) is 4.88 Å². The van der Waals surface area contributed by atoms with E-state index in [-0.39, 0.29) is 5.91 Å². The third kappa shape index (κ3) is 4.57. The van der Waals surface area contributed by atoms with Crippen LogP contribution in [0.15, 0.2) is 64.4 Å². The van der Waals surface area contributed by atoms with Crippen molar-refractivity contribution in [3.05, 3.63) is 70.6 Å². The maximum absolute atomic E-state index is 11.9. The predicted octanol–water partition coefficient (Wildman–Crippen LogP) is 4.30. The number of furan rings is 1. The standard InChI is InChI=1S/C19H19NO2S/c21-19(20-13-12-17-7-4-14-23-17)11-9-16-8-10-18(22-16)15-5-2-1-3-6-15/h1-8,10,14H,9,11-13H2,(H,20,21). The third-order valence-corrected chi connectivity index (χ3v) is 4.53. The molecule has 1 N–H and O–H groups in total. The minimum atomic E-state index is 0.0687.